The third-order valence-electron chi connectivity index (χ3n) is 2.13. The second kappa shape index (κ2) is 5.12. The van der Waals surface area contributed by atoms with E-state index in [1.54, 1.807) is 19.1 Å². The summed E-state index contributed by atoms with van der Waals surface area (Å²) in [7, 11) is -1.87. The summed E-state index contributed by atoms with van der Waals surface area (Å²) in [5, 5.41) is 0. The lowest BCUT2D eigenvalue weighted by molar-refractivity contribution is -0.110. The van der Waals surface area contributed by atoms with Gasteiger partial charge in [0.1, 0.15) is 12.0 Å². The van der Waals surface area contributed by atoms with E-state index in [0.717, 1.165) is 0 Å². The molecule has 0 radical (unpaired) electrons. The Morgan fingerprint density at radius 1 is 1.31 bits per heavy atom. The first-order chi connectivity index (χ1) is 7.49. The van der Waals surface area contributed by atoms with Gasteiger partial charge in [-0.15, -0.1) is 0 Å². The lowest BCUT2D eigenvalue weighted by Crippen LogP contribution is -2.14. The highest BCUT2D eigenvalue weighted by atomic mass is 32.2. The number of hydrogen-bond acceptors (Lipinski definition) is 4. The number of carbonyl (C=O) groups is 1. The number of hydrogen-bond donors (Lipinski definition) is 0. The van der Waals surface area contributed by atoms with Crippen LogP contribution in [0.1, 0.15) is 6.92 Å². The van der Waals surface area contributed by atoms with E-state index in [-0.39, 0.29) is 10.6 Å². The van der Waals surface area contributed by atoms with Crippen molar-refractivity contribution in [1.29, 1.82) is 0 Å². The number of aldehydes is 1. The Bertz CT molecular complexity index is 447. The Kier molecular flexibility index (Phi) is 4.06. The van der Waals surface area contributed by atoms with Crippen LogP contribution < -0.4 is 4.74 Å². The van der Waals surface area contributed by atoms with E-state index in [1.165, 1.54) is 19.2 Å². The van der Waals surface area contributed by atoms with Gasteiger partial charge >= 0.3 is 0 Å². The first kappa shape index (κ1) is 12.7. The minimum atomic E-state index is -3.38. The second-order valence-electron chi connectivity index (χ2n) is 3.57. The van der Waals surface area contributed by atoms with Crippen LogP contribution in [0.25, 0.3) is 0 Å². The summed E-state index contributed by atoms with van der Waals surface area (Å²) in [6.45, 7) is 1.58. The molecular weight excluding hydrogens is 228 g/mol. The molecule has 1 aromatic carbocycles. The Hall–Kier alpha value is -1.36. The molecule has 1 aromatic rings. The molecule has 0 heterocycles. The van der Waals surface area contributed by atoms with Gasteiger partial charge in [-0.25, -0.2) is 8.42 Å². The van der Waals surface area contributed by atoms with Gasteiger partial charge in [-0.2, -0.15) is 0 Å². The van der Waals surface area contributed by atoms with Gasteiger partial charge in [0.2, 0.25) is 0 Å². The molecule has 5 heteroatoms. The fourth-order valence-electron chi connectivity index (χ4n) is 1.26. The molecule has 1 unspecified atom stereocenters. The number of carbonyl (C=O) groups excluding carboxylic acids is 1. The Morgan fingerprint density at radius 3 is 2.31 bits per heavy atom. The zero-order valence-corrected chi connectivity index (χ0v) is 10.0. The average molecular weight is 242 g/mol. The summed E-state index contributed by atoms with van der Waals surface area (Å²) in [6, 6.07) is 6.12. The smallest absolute Gasteiger partial charge is 0.179 e. The van der Waals surface area contributed by atoms with Crippen molar-refractivity contribution in [2.24, 2.45) is 5.92 Å². The van der Waals surface area contributed by atoms with Crippen LogP contribution in [0.2, 0.25) is 0 Å². The van der Waals surface area contributed by atoms with Gasteiger partial charge in [0.15, 0.2) is 9.84 Å². The lowest BCUT2D eigenvalue weighted by atomic mass is 10.3. The number of ether oxygens (including phenoxy) is 1. The summed E-state index contributed by atoms with van der Waals surface area (Å²) in [6.07, 6.45) is 0.640. The van der Waals surface area contributed by atoms with E-state index < -0.39 is 15.8 Å². The van der Waals surface area contributed by atoms with Gasteiger partial charge in [0.25, 0.3) is 0 Å². The van der Waals surface area contributed by atoms with Crippen molar-refractivity contribution in [3.63, 3.8) is 0 Å². The molecule has 0 spiro atoms. The maximum absolute atomic E-state index is 11.8. The first-order valence-electron chi connectivity index (χ1n) is 4.81. The molecule has 0 amide bonds. The predicted octanol–water partition coefficient (Wildman–Crippen LogP) is 1.30. The molecule has 0 aliphatic heterocycles. The molecule has 0 bridgehead atoms. The second-order valence-corrected chi connectivity index (χ2v) is 5.60. The Balaban J connectivity index is 2.94. The maximum Gasteiger partial charge on any atom is 0.179 e. The van der Waals surface area contributed by atoms with Crippen LogP contribution in [-0.4, -0.2) is 27.6 Å². The molecule has 4 nitrogen and oxygen atoms in total. The van der Waals surface area contributed by atoms with Crippen molar-refractivity contribution in [2.75, 3.05) is 12.9 Å². The maximum atomic E-state index is 11.8. The average Bonchev–Trinajstić information content (AvgIpc) is 2.28. The number of benzene rings is 1. The summed E-state index contributed by atoms with van der Waals surface area (Å²) >= 11 is 0. The zero-order chi connectivity index (χ0) is 12.2. The highest BCUT2D eigenvalue weighted by molar-refractivity contribution is 7.91. The zero-order valence-electron chi connectivity index (χ0n) is 9.21. The largest absolute Gasteiger partial charge is 0.497 e. The molecule has 88 valence electrons. The van der Waals surface area contributed by atoms with Crippen LogP contribution in [0.3, 0.4) is 0 Å². The monoisotopic (exact) mass is 242 g/mol. The Morgan fingerprint density at radius 2 is 1.88 bits per heavy atom. The van der Waals surface area contributed by atoms with Crippen LogP contribution >= 0.6 is 0 Å². The van der Waals surface area contributed by atoms with Crippen molar-refractivity contribution in [2.45, 2.75) is 11.8 Å². The molecule has 1 atom stereocenters. The van der Waals surface area contributed by atoms with Gasteiger partial charge in [-0.3, -0.25) is 0 Å². The van der Waals surface area contributed by atoms with Crippen molar-refractivity contribution < 1.29 is 17.9 Å². The van der Waals surface area contributed by atoms with Crippen LogP contribution in [-0.2, 0) is 14.6 Å². The van der Waals surface area contributed by atoms with E-state index in [2.05, 4.69) is 0 Å². The molecule has 1 rings (SSSR count). The first-order valence-corrected chi connectivity index (χ1v) is 6.47. The van der Waals surface area contributed by atoms with E-state index in [0.29, 0.717) is 12.0 Å². The molecule has 0 aliphatic carbocycles. The van der Waals surface area contributed by atoms with E-state index in [4.69, 9.17) is 4.74 Å². The van der Waals surface area contributed by atoms with Gasteiger partial charge in [0, 0.05) is 5.92 Å². The van der Waals surface area contributed by atoms with Gasteiger partial charge < -0.3 is 9.53 Å². The molecular formula is C11H14O4S. The summed E-state index contributed by atoms with van der Waals surface area (Å²) in [5.41, 5.74) is 0. The van der Waals surface area contributed by atoms with Crippen molar-refractivity contribution >= 4 is 16.1 Å². The molecule has 0 saturated heterocycles. The summed E-state index contributed by atoms with van der Waals surface area (Å²) in [4.78, 5) is 10.6. The van der Waals surface area contributed by atoms with Gasteiger partial charge in [-0.1, -0.05) is 6.92 Å². The standard InChI is InChI=1S/C11H14O4S/c1-9(7-12)8-16(13,14)11-5-3-10(15-2)4-6-11/h3-7,9H,8H2,1-2H3. The van der Waals surface area contributed by atoms with Crippen molar-refractivity contribution in [1.82, 2.24) is 0 Å². The molecule has 0 fully saturated rings. The quantitative estimate of drug-likeness (QED) is 0.730. The van der Waals surface area contributed by atoms with Crippen molar-refractivity contribution in [3.8, 4) is 5.75 Å². The van der Waals surface area contributed by atoms with Crippen LogP contribution in [0, 0.1) is 5.92 Å². The highest BCUT2D eigenvalue weighted by Crippen LogP contribution is 2.17. The number of rotatable bonds is 5. The van der Waals surface area contributed by atoms with Crippen LogP contribution in [0.15, 0.2) is 29.2 Å². The van der Waals surface area contributed by atoms with Gasteiger partial charge in [-0.05, 0) is 24.3 Å². The topological polar surface area (TPSA) is 60.4 Å². The minimum Gasteiger partial charge on any atom is -0.497 e. The molecule has 0 saturated carbocycles. The van der Waals surface area contributed by atoms with E-state index >= 15 is 0 Å². The normalized spacial score (nSPS) is 13.1. The lowest BCUT2D eigenvalue weighted by Gasteiger charge is -2.06. The molecule has 0 aliphatic rings. The van der Waals surface area contributed by atoms with E-state index in [1.807, 2.05) is 0 Å². The number of sulfone groups is 1. The summed E-state index contributed by atoms with van der Waals surface area (Å²) < 4.78 is 28.5. The fourth-order valence-corrected chi connectivity index (χ4v) is 2.78. The molecule has 16 heavy (non-hydrogen) atoms. The highest BCUT2D eigenvalue weighted by Gasteiger charge is 2.17. The number of methoxy groups -OCH3 is 1. The fraction of sp³-hybridized carbons (Fsp3) is 0.364. The summed E-state index contributed by atoms with van der Waals surface area (Å²) in [5.74, 6) is -0.0579. The minimum absolute atomic E-state index is 0.164. The van der Waals surface area contributed by atoms with Crippen molar-refractivity contribution in [3.05, 3.63) is 24.3 Å². The van der Waals surface area contributed by atoms with Gasteiger partial charge in [0.05, 0.1) is 17.8 Å². The van der Waals surface area contributed by atoms with Crippen LogP contribution in [0.4, 0.5) is 0 Å². The Labute approximate surface area is 95.2 Å². The predicted molar refractivity (Wildman–Crippen MR) is 60.3 cm³/mol. The molecule has 0 aromatic heterocycles. The SMILES string of the molecule is COc1ccc(S(=O)(=O)CC(C)C=O)cc1. The third kappa shape index (κ3) is 3.06. The van der Waals surface area contributed by atoms with E-state index in [9.17, 15) is 13.2 Å². The third-order valence-corrected chi connectivity index (χ3v) is 4.09. The molecule has 0 N–H and O–H groups in total. The van der Waals surface area contributed by atoms with Crippen LogP contribution in [0.5, 0.6) is 5.75 Å².